The van der Waals surface area contributed by atoms with Crippen LogP contribution in [0.15, 0.2) is 12.4 Å². The number of hydrogen-bond acceptors (Lipinski definition) is 6. The molecule has 1 fully saturated rings. The summed E-state index contributed by atoms with van der Waals surface area (Å²) in [6.07, 6.45) is 5.66. The monoisotopic (exact) mass is 237 g/mol. The van der Waals surface area contributed by atoms with Gasteiger partial charge in [0.2, 0.25) is 0 Å². The fourth-order valence-electron chi connectivity index (χ4n) is 2.14. The van der Waals surface area contributed by atoms with E-state index in [9.17, 15) is 0 Å². The normalized spacial score (nSPS) is 17.2. The van der Waals surface area contributed by atoms with Crippen molar-refractivity contribution in [3.05, 3.63) is 12.4 Å². The first-order valence-electron chi connectivity index (χ1n) is 5.86. The van der Waals surface area contributed by atoms with Gasteiger partial charge in [-0.2, -0.15) is 0 Å². The van der Waals surface area contributed by atoms with Gasteiger partial charge >= 0.3 is 0 Å². The molecule has 0 radical (unpaired) electrons. The largest absolute Gasteiger partial charge is 0.384 e. The second-order valence-corrected chi connectivity index (χ2v) is 4.29. The Hall–Kier alpha value is -1.40. The van der Waals surface area contributed by atoms with Gasteiger partial charge in [0.05, 0.1) is 12.4 Å². The lowest BCUT2D eigenvalue weighted by atomic mass is 9.98. The molecule has 0 amide bonds. The molecule has 2 heterocycles. The zero-order valence-corrected chi connectivity index (χ0v) is 10.1. The standard InChI is InChI=1S/C11H19N5O/c1-17-8-9-2-4-16(5-3-9)11-7-13-6-10(14-11)15-12/h6-7,9H,2-5,8,12H2,1H3,(H,14,15). The minimum Gasteiger partial charge on any atom is -0.384 e. The highest BCUT2D eigenvalue weighted by atomic mass is 16.5. The van der Waals surface area contributed by atoms with Crippen molar-refractivity contribution in [2.45, 2.75) is 12.8 Å². The predicted octanol–water partition coefficient (Wildman–Crippen LogP) is 0.625. The number of hydrogen-bond donors (Lipinski definition) is 2. The summed E-state index contributed by atoms with van der Waals surface area (Å²) in [5, 5.41) is 0. The second kappa shape index (κ2) is 5.79. The number of nitrogens with one attached hydrogen (secondary N) is 1. The van der Waals surface area contributed by atoms with Crippen molar-refractivity contribution in [2.24, 2.45) is 11.8 Å². The van der Waals surface area contributed by atoms with Crippen molar-refractivity contribution < 1.29 is 4.74 Å². The van der Waals surface area contributed by atoms with Crippen molar-refractivity contribution in [3.8, 4) is 0 Å². The maximum Gasteiger partial charge on any atom is 0.160 e. The topological polar surface area (TPSA) is 76.3 Å². The molecule has 2 rings (SSSR count). The van der Waals surface area contributed by atoms with Crippen LogP contribution in [0.25, 0.3) is 0 Å². The molecule has 0 aliphatic carbocycles. The van der Waals surface area contributed by atoms with Gasteiger partial charge in [-0.05, 0) is 18.8 Å². The van der Waals surface area contributed by atoms with E-state index in [2.05, 4.69) is 20.3 Å². The fourth-order valence-corrected chi connectivity index (χ4v) is 2.14. The molecule has 0 bridgehead atoms. The van der Waals surface area contributed by atoms with Gasteiger partial charge in [0.25, 0.3) is 0 Å². The average molecular weight is 237 g/mol. The number of piperidine rings is 1. The van der Waals surface area contributed by atoms with Gasteiger partial charge in [0.1, 0.15) is 5.82 Å². The minimum atomic E-state index is 0.599. The molecule has 0 atom stereocenters. The Morgan fingerprint density at radius 3 is 2.88 bits per heavy atom. The Morgan fingerprint density at radius 1 is 1.47 bits per heavy atom. The Labute approximate surface area is 101 Å². The number of methoxy groups -OCH3 is 1. The lowest BCUT2D eigenvalue weighted by Crippen LogP contribution is -2.35. The molecule has 3 N–H and O–H groups in total. The van der Waals surface area contributed by atoms with Crippen LogP contribution in [0.5, 0.6) is 0 Å². The van der Waals surface area contributed by atoms with Crippen molar-refractivity contribution in [1.29, 1.82) is 0 Å². The van der Waals surface area contributed by atoms with Crippen molar-refractivity contribution in [3.63, 3.8) is 0 Å². The van der Waals surface area contributed by atoms with E-state index >= 15 is 0 Å². The third-order valence-electron chi connectivity index (χ3n) is 3.11. The van der Waals surface area contributed by atoms with Crippen LogP contribution in [0.4, 0.5) is 11.6 Å². The number of anilines is 2. The van der Waals surface area contributed by atoms with E-state index in [0.717, 1.165) is 38.4 Å². The molecule has 1 aromatic rings. The van der Waals surface area contributed by atoms with E-state index in [0.29, 0.717) is 11.7 Å². The molecule has 6 heteroatoms. The third-order valence-corrected chi connectivity index (χ3v) is 3.11. The molecule has 0 spiro atoms. The van der Waals surface area contributed by atoms with Gasteiger partial charge in [-0.15, -0.1) is 0 Å². The molecule has 1 aromatic heterocycles. The number of aromatic nitrogens is 2. The molecule has 94 valence electrons. The van der Waals surface area contributed by atoms with Crippen LogP contribution >= 0.6 is 0 Å². The molecule has 0 saturated carbocycles. The Balaban J connectivity index is 1.95. The number of nitrogens with two attached hydrogens (primary N) is 1. The maximum absolute atomic E-state index is 5.32. The average Bonchev–Trinajstić information content (AvgIpc) is 2.40. The van der Waals surface area contributed by atoms with Crippen molar-refractivity contribution in [1.82, 2.24) is 9.97 Å². The van der Waals surface area contributed by atoms with E-state index in [1.165, 1.54) is 0 Å². The zero-order valence-electron chi connectivity index (χ0n) is 10.1. The van der Waals surface area contributed by atoms with Gasteiger partial charge < -0.3 is 15.1 Å². The Kier molecular flexibility index (Phi) is 4.11. The molecule has 1 aliphatic rings. The summed E-state index contributed by atoms with van der Waals surface area (Å²) in [5.74, 6) is 7.47. The summed E-state index contributed by atoms with van der Waals surface area (Å²) in [4.78, 5) is 10.7. The summed E-state index contributed by atoms with van der Waals surface area (Å²) in [7, 11) is 1.76. The number of ether oxygens (including phenoxy) is 1. The number of nitrogens with zero attached hydrogens (tertiary/aromatic N) is 3. The van der Waals surface area contributed by atoms with E-state index in [1.807, 2.05) is 0 Å². The van der Waals surface area contributed by atoms with Crippen LogP contribution in [0.2, 0.25) is 0 Å². The van der Waals surface area contributed by atoms with E-state index in [-0.39, 0.29) is 0 Å². The summed E-state index contributed by atoms with van der Waals surface area (Å²) in [6, 6.07) is 0. The highest BCUT2D eigenvalue weighted by Crippen LogP contribution is 2.22. The van der Waals surface area contributed by atoms with Crippen LogP contribution in [-0.2, 0) is 4.74 Å². The van der Waals surface area contributed by atoms with Gasteiger partial charge in [0.15, 0.2) is 5.82 Å². The fraction of sp³-hybridized carbons (Fsp3) is 0.636. The lowest BCUT2D eigenvalue weighted by molar-refractivity contribution is 0.139. The zero-order chi connectivity index (χ0) is 12.1. The maximum atomic E-state index is 5.32. The smallest absolute Gasteiger partial charge is 0.160 e. The molecule has 0 aromatic carbocycles. The van der Waals surface area contributed by atoms with Crippen LogP contribution in [0.3, 0.4) is 0 Å². The third kappa shape index (κ3) is 3.04. The van der Waals surface area contributed by atoms with E-state index in [4.69, 9.17) is 10.6 Å². The first-order valence-corrected chi connectivity index (χ1v) is 5.86. The lowest BCUT2D eigenvalue weighted by Gasteiger charge is -2.32. The molecular weight excluding hydrogens is 218 g/mol. The van der Waals surface area contributed by atoms with Crippen LogP contribution in [0, 0.1) is 5.92 Å². The number of nitrogen functional groups attached to an aromatic ring is 1. The van der Waals surface area contributed by atoms with E-state index < -0.39 is 0 Å². The van der Waals surface area contributed by atoms with Crippen LogP contribution in [0.1, 0.15) is 12.8 Å². The summed E-state index contributed by atoms with van der Waals surface area (Å²) in [6.45, 7) is 2.84. The molecule has 0 unspecified atom stereocenters. The van der Waals surface area contributed by atoms with Gasteiger partial charge in [-0.1, -0.05) is 0 Å². The predicted molar refractivity (Wildman–Crippen MR) is 66.7 cm³/mol. The quantitative estimate of drug-likeness (QED) is 0.590. The summed E-state index contributed by atoms with van der Waals surface area (Å²) in [5.41, 5.74) is 2.52. The van der Waals surface area contributed by atoms with Gasteiger partial charge in [-0.3, -0.25) is 4.98 Å². The second-order valence-electron chi connectivity index (χ2n) is 4.29. The first-order chi connectivity index (χ1) is 8.33. The molecule has 6 nitrogen and oxygen atoms in total. The van der Waals surface area contributed by atoms with Gasteiger partial charge in [0, 0.05) is 26.8 Å². The molecule has 1 aliphatic heterocycles. The summed E-state index contributed by atoms with van der Waals surface area (Å²) < 4.78 is 5.19. The van der Waals surface area contributed by atoms with Crippen molar-refractivity contribution >= 4 is 11.6 Å². The highest BCUT2D eigenvalue weighted by Gasteiger charge is 2.20. The molecule has 17 heavy (non-hydrogen) atoms. The van der Waals surface area contributed by atoms with E-state index in [1.54, 1.807) is 19.5 Å². The molecular formula is C11H19N5O. The highest BCUT2D eigenvalue weighted by molar-refractivity contribution is 5.43. The first kappa shape index (κ1) is 12.1. The minimum absolute atomic E-state index is 0.599. The summed E-state index contributed by atoms with van der Waals surface area (Å²) >= 11 is 0. The number of hydrazine groups is 1. The van der Waals surface area contributed by atoms with Gasteiger partial charge in [-0.25, -0.2) is 10.8 Å². The van der Waals surface area contributed by atoms with Crippen LogP contribution < -0.4 is 16.2 Å². The van der Waals surface area contributed by atoms with Crippen molar-refractivity contribution in [2.75, 3.05) is 37.1 Å². The molecule has 1 saturated heterocycles. The number of rotatable bonds is 4. The Bertz CT molecular complexity index is 351. The SMILES string of the molecule is COCC1CCN(c2cncc(NN)n2)CC1. The Morgan fingerprint density at radius 2 is 2.24 bits per heavy atom. The van der Waals surface area contributed by atoms with Crippen LogP contribution in [-0.4, -0.2) is 36.8 Å².